The Balaban J connectivity index is 2.04. The molecule has 0 radical (unpaired) electrons. The van der Waals surface area contributed by atoms with E-state index in [1.807, 2.05) is 4.90 Å². The first-order chi connectivity index (χ1) is 9.99. The number of hydrogen-bond donors (Lipinski definition) is 2. The van der Waals surface area contributed by atoms with Gasteiger partial charge in [0.05, 0.1) is 12.6 Å². The Morgan fingerprint density at radius 2 is 2.00 bits per heavy atom. The normalized spacial score (nSPS) is 24.0. The molecule has 2 rings (SSSR count). The van der Waals surface area contributed by atoms with Gasteiger partial charge in [-0.3, -0.25) is 19.4 Å². The van der Waals surface area contributed by atoms with Crippen molar-refractivity contribution in [1.82, 2.24) is 20.4 Å². The quantitative estimate of drug-likeness (QED) is 0.751. The summed E-state index contributed by atoms with van der Waals surface area (Å²) >= 11 is 0. The third-order valence-electron chi connectivity index (χ3n) is 3.86. The molecule has 0 saturated carbocycles. The molecule has 0 aromatic carbocycles. The minimum Gasteiger partial charge on any atom is -0.355 e. The smallest absolute Gasteiger partial charge is 0.324 e. The molecule has 1 atom stereocenters. The molecule has 0 aromatic rings. The van der Waals surface area contributed by atoms with Crippen LogP contribution in [0, 0.1) is 5.92 Å². The number of hydrogen-bond acceptors (Lipinski definition) is 4. The van der Waals surface area contributed by atoms with Crippen LogP contribution in [0.5, 0.6) is 0 Å². The second-order valence-electron chi connectivity index (χ2n) is 6.04. The number of amides is 4. The molecule has 0 aromatic heterocycles. The average Bonchev–Trinajstić information content (AvgIpc) is 2.78. The van der Waals surface area contributed by atoms with Crippen molar-refractivity contribution < 1.29 is 14.4 Å². The summed E-state index contributed by atoms with van der Waals surface area (Å²) in [5, 5.41) is 5.52. The Kier molecular flexibility index (Phi) is 5.17. The molecule has 4 amide bonds. The number of carbonyl (C=O) groups is 3. The topological polar surface area (TPSA) is 81.8 Å². The summed E-state index contributed by atoms with van der Waals surface area (Å²) in [6.45, 7) is 6.49. The molecule has 0 unspecified atom stereocenters. The van der Waals surface area contributed by atoms with E-state index in [0.717, 1.165) is 6.42 Å². The molecule has 2 saturated heterocycles. The Hall–Kier alpha value is -1.63. The van der Waals surface area contributed by atoms with Crippen molar-refractivity contribution in [3.63, 3.8) is 0 Å². The molecule has 2 heterocycles. The van der Waals surface area contributed by atoms with Gasteiger partial charge in [-0.1, -0.05) is 13.8 Å². The maximum Gasteiger partial charge on any atom is 0.324 e. The van der Waals surface area contributed by atoms with Crippen molar-refractivity contribution in [2.45, 2.75) is 32.7 Å². The first-order valence-corrected chi connectivity index (χ1v) is 7.59. The van der Waals surface area contributed by atoms with Gasteiger partial charge in [-0.15, -0.1) is 0 Å². The molecule has 2 aliphatic rings. The van der Waals surface area contributed by atoms with Crippen molar-refractivity contribution in [3.8, 4) is 0 Å². The van der Waals surface area contributed by atoms with E-state index >= 15 is 0 Å². The zero-order chi connectivity index (χ0) is 15.4. The molecule has 118 valence electrons. The number of imide groups is 1. The average molecular weight is 296 g/mol. The van der Waals surface area contributed by atoms with E-state index in [2.05, 4.69) is 24.5 Å². The lowest BCUT2D eigenvalue weighted by Gasteiger charge is -2.29. The lowest BCUT2D eigenvalue weighted by Crippen LogP contribution is -2.50. The van der Waals surface area contributed by atoms with Crippen molar-refractivity contribution in [3.05, 3.63) is 0 Å². The third kappa shape index (κ3) is 3.93. The lowest BCUT2D eigenvalue weighted by atomic mass is 10.0. The van der Waals surface area contributed by atoms with Gasteiger partial charge >= 0.3 is 6.03 Å². The van der Waals surface area contributed by atoms with Crippen LogP contribution >= 0.6 is 0 Å². The van der Waals surface area contributed by atoms with E-state index in [-0.39, 0.29) is 30.4 Å². The molecule has 21 heavy (non-hydrogen) atoms. The SMILES string of the molecule is CC(C)C[C@@H]1C(=O)NCCCN1CC(=O)N1CCNC1=O. The van der Waals surface area contributed by atoms with Crippen molar-refractivity contribution in [2.75, 3.05) is 32.7 Å². The maximum atomic E-state index is 12.3. The van der Waals surface area contributed by atoms with Crippen molar-refractivity contribution >= 4 is 17.8 Å². The molecular formula is C14H24N4O3. The zero-order valence-electron chi connectivity index (χ0n) is 12.7. The first kappa shape index (κ1) is 15.8. The van der Waals surface area contributed by atoms with E-state index in [0.29, 0.717) is 38.5 Å². The minimum atomic E-state index is -0.334. The Bertz CT molecular complexity index is 424. The summed E-state index contributed by atoms with van der Waals surface area (Å²) < 4.78 is 0. The number of nitrogens with one attached hydrogen (secondary N) is 2. The summed E-state index contributed by atoms with van der Waals surface area (Å²) in [5.41, 5.74) is 0. The molecule has 0 aliphatic carbocycles. The summed E-state index contributed by atoms with van der Waals surface area (Å²) in [6, 6.07) is -0.623. The minimum absolute atomic E-state index is 0.0140. The summed E-state index contributed by atoms with van der Waals surface area (Å²) in [6.07, 6.45) is 1.53. The van der Waals surface area contributed by atoms with Crippen LogP contribution in [0.2, 0.25) is 0 Å². The summed E-state index contributed by atoms with van der Waals surface area (Å²) in [4.78, 5) is 39.1. The highest BCUT2D eigenvalue weighted by Gasteiger charge is 2.33. The van der Waals surface area contributed by atoms with E-state index in [1.54, 1.807) is 0 Å². The lowest BCUT2D eigenvalue weighted by molar-refractivity contribution is -0.131. The fourth-order valence-corrected chi connectivity index (χ4v) is 2.79. The molecule has 2 aliphatic heterocycles. The predicted octanol–water partition coefficient (Wildman–Crippen LogP) is -0.225. The molecule has 7 nitrogen and oxygen atoms in total. The van der Waals surface area contributed by atoms with E-state index in [1.165, 1.54) is 4.90 Å². The number of nitrogens with zero attached hydrogens (tertiary/aromatic N) is 2. The van der Waals surface area contributed by atoms with Crippen LogP contribution in [0.15, 0.2) is 0 Å². The van der Waals surface area contributed by atoms with Crippen LogP contribution in [-0.2, 0) is 9.59 Å². The van der Waals surface area contributed by atoms with Gasteiger partial charge in [0.15, 0.2) is 0 Å². The highest BCUT2D eigenvalue weighted by Crippen LogP contribution is 2.15. The van der Waals surface area contributed by atoms with E-state index in [4.69, 9.17) is 0 Å². The van der Waals surface area contributed by atoms with E-state index < -0.39 is 0 Å². The van der Waals surface area contributed by atoms with Gasteiger partial charge in [0.2, 0.25) is 11.8 Å². The van der Waals surface area contributed by atoms with Gasteiger partial charge in [-0.05, 0) is 18.8 Å². The number of rotatable bonds is 4. The molecule has 0 bridgehead atoms. The largest absolute Gasteiger partial charge is 0.355 e. The van der Waals surface area contributed by atoms with Crippen LogP contribution in [0.1, 0.15) is 26.7 Å². The molecule has 2 fully saturated rings. The molecule has 7 heteroatoms. The van der Waals surface area contributed by atoms with Gasteiger partial charge in [0.25, 0.3) is 0 Å². The summed E-state index contributed by atoms with van der Waals surface area (Å²) in [5.74, 6) is 0.125. The fraction of sp³-hybridized carbons (Fsp3) is 0.786. The van der Waals surface area contributed by atoms with Gasteiger partial charge in [-0.2, -0.15) is 0 Å². The molecule has 0 spiro atoms. The van der Waals surface area contributed by atoms with Gasteiger partial charge in [-0.25, -0.2) is 4.79 Å². The first-order valence-electron chi connectivity index (χ1n) is 7.59. The van der Waals surface area contributed by atoms with Crippen molar-refractivity contribution in [2.24, 2.45) is 5.92 Å². The van der Waals surface area contributed by atoms with Crippen LogP contribution in [0.4, 0.5) is 4.79 Å². The number of urea groups is 1. The maximum absolute atomic E-state index is 12.3. The van der Waals surface area contributed by atoms with Gasteiger partial charge in [0.1, 0.15) is 0 Å². The Labute approximate surface area is 125 Å². The van der Waals surface area contributed by atoms with Gasteiger partial charge in [0, 0.05) is 26.2 Å². The predicted molar refractivity (Wildman–Crippen MR) is 77.6 cm³/mol. The van der Waals surface area contributed by atoms with Crippen molar-refractivity contribution in [1.29, 1.82) is 0 Å². The standard InChI is InChI=1S/C14H24N4O3/c1-10(2)8-11-13(20)15-4-3-6-17(11)9-12(19)18-7-5-16-14(18)21/h10-11H,3-9H2,1-2H3,(H,15,20)(H,16,21)/t11-/m1/s1. The van der Waals surface area contributed by atoms with Crippen LogP contribution in [-0.4, -0.2) is 66.4 Å². The zero-order valence-corrected chi connectivity index (χ0v) is 12.7. The van der Waals surface area contributed by atoms with Crippen LogP contribution < -0.4 is 10.6 Å². The molecular weight excluding hydrogens is 272 g/mol. The highest BCUT2D eigenvalue weighted by molar-refractivity contribution is 5.97. The number of carbonyl (C=O) groups excluding carboxylic acids is 3. The van der Waals surface area contributed by atoms with E-state index in [9.17, 15) is 14.4 Å². The second kappa shape index (κ2) is 6.89. The third-order valence-corrected chi connectivity index (χ3v) is 3.86. The fourth-order valence-electron chi connectivity index (χ4n) is 2.79. The monoisotopic (exact) mass is 296 g/mol. The van der Waals surface area contributed by atoms with Crippen LogP contribution in [0.25, 0.3) is 0 Å². The highest BCUT2D eigenvalue weighted by atomic mass is 16.2. The Morgan fingerprint density at radius 1 is 1.24 bits per heavy atom. The molecule has 2 N–H and O–H groups in total. The van der Waals surface area contributed by atoms with Crippen LogP contribution in [0.3, 0.4) is 0 Å². The van der Waals surface area contributed by atoms with Gasteiger partial charge < -0.3 is 10.6 Å². The second-order valence-corrected chi connectivity index (χ2v) is 6.04. The Morgan fingerprint density at radius 3 is 2.62 bits per heavy atom. The summed E-state index contributed by atoms with van der Waals surface area (Å²) in [7, 11) is 0.